The van der Waals surface area contributed by atoms with Gasteiger partial charge in [0, 0.05) is 11.4 Å². The van der Waals surface area contributed by atoms with Crippen molar-refractivity contribution in [3.8, 4) is 0 Å². The number of amides is 1. The number of para-hydroxylation sites is 2. The largest absolute Gasteiger partial charge is 0.452 e. The summed E-state index contributed by atoms with van der Waals surface area (Å²) in [5, 5.41) is 6.46. The Balaban J connectivity index is 1.61. The highest BCUT2D eigenvalue weighted by Crippen LogP contribution is 2.25. The molecule has 0 aliphatic rings. The molecule has 0 saturated heterocycles. The van der Waals surface area contributed by atoms with Gasteiger partial charge in [0.15, 0.2) is 6.61 Å². The van der Waals surface area contributed by atoms with Crippen LogP contribution in [0.25, 0.3) is 0 Å². The Morgan fingerprint density at radius 1 is 0.821 bits per heavy atom. The summed E-state index contributed by atoms with van der Waals surface area (Å²) in [5.41, 5.74) is 2.21. The maximum atomic E-state index is 12.4. The lowest BCUT2D eigenvalue weighted by Crippen LogP contribution is -2.21. The fourth-order valence-corrected chi connectivity index (χ4v) is 2.73. The zero-order valence-corrected chi connectivity index (χ0v) is 16.1. The Bertz CT molecular complexity index is 994. The molecule has 1 amide bonds. The fraction of sp³-hybridized carbons (Fsp3) is 0.0476. The summed E-state index contributed by atoms with van der Waals surface area (Å²) < 4.78 is 5.14. The number of hydrogen-bond donors (Lipinski definition) is 2. The van der Waals surface area contributed by atoms with Gasteiger partial charge in [0.25, 0.3) is 5.91 Å². The van der Waals surface area contributed by atoms with E-state index in [0.29, 0.717) is 27.0 Å². The van der Waals surface area contributed by atoms with E-state index in [4.69, 9.17) is 27.9 Å². The number of carbonyl (C=O) groups excluding carboxylic acids is 2. The second-order valence-corrected chi connectivity index (χ2v) is 6.60. The van der Waals surface area contributed by atoms with Crippen molar-refractivity contribution in [1.29, 1.82) is 0 Å². The van der Waals surface area contributed by atoms with Crippen LogP contribution in [0.2, 0.25) is 10.0 Å². The van der Waals surface area contributed by atoms with Crippen LogP contribution < -0.4 is 10.6 Å². The standard InChI is InChI=1S/C21H16Cl2N2O3/c22-17-11-10-15(12-18(17)23)25-20(26)13-28-21(27)16-8-4-5-9-19(16)24-14-6-2-1-3-7-14/h1-12,24H,13H2,(H,25,26). The molecule has 0 aromatic heterocycles. The summed E-state index contributed by atoms with van der Waals surface area (Å²) in [5.74, 6) is -1.09. The SMILES string of the molecule is O=C(COC(=O)c1ccccc1Nc1ccccc1)Nc1ccc(Cl)c(Cl)c1. The highest BCUT2D eigenvalue weighted by Gasteiger charge is 2.15. The van der Waals surface area contributed by atoms with Gasteiger partial charge in [-0.1, -0.05) is 53.5 Å². The molecule has 0 unspecified atom stereocenters. The van der Waals surface area contributed by atoms with Crippen molar-refractivity contribution in [2.45, 2.75) is 0 Å². The maximum Gasteiger partial charge on any atom is 0.340 e. The van der Waals surface area contributed by atoms with E-state index in [1.807, 2.05) is 30.3 Å². The van der Waals surface area contributed by atoms with E-state index in [-0.39, 0.29) is 0 Å². The number of halogens is 2. The molecule has 142 valence electrons. The zero-order chi connectivity index (χ0) is 19.9. The Hall–Kier alpha value is -3.02. The molecule has 0 bridgehead atoms. The van der Waals surface area contributed by atoms with Crippen molar-refractivity contribution in [3.05, 3.63) is 88.4 Å². The lowest BCUT2D eigenvalue weighted by molar-refractivity contribution is -0.119. The molecule has 0 aliphatic carbocycles. The highest BCUT2D eigenvalue weighted by molar-refractivity contribution is 6.42. The normalized spacial score (nSPS) is 10.2. The van der Waals surface area contributed by atoms with E-state index in [1.54, 1.807) is 36.4 Å². The predicted octanol–water partition coefficient (Wildman–Crippen LogP) is 5.53. The molecule has 7 heteroatoms. The quantitative estimate of drug-likeness (QED) is 0.520. The number of nitrogens with one attached hydrogen (secondary N) is 2. The number of benzene rings is 3. The molecule has 5 nitrogen and oxygen atoms in total. The Morgan fingerprint density at radius 3 is 2.29 bits per heavy atom. The third kappa shape index (κ3) is 5.25. The fourth-order valence-electron chi connectivity index (χ4n) is 2.43. The molecular formula is C21H16Cl2N2O3. The van der Waals surface area contributed by atoms with Crippen molar-refractivity contribution in [1.82, 2.24) is 0 Å². The molecule has 0 atom stereocenters. The molecule has 0 fully saturated rings. The van der Waals surface area contributed by atoms with E-state index in [9.17, 15) is 9.59 Å². The van der Waals surface area contributed by atoms with Crippen molar-refractivity contribution in [2.75, 3.05) is 17.2 Å². The van der Waals surface area contributed by atoms with Crippen LogP contribution >= 0.6 is 23.2 Å². The molecule has 3 rings (SSSR count). The minimum Gasteiger partial charge on any atom is -0.452 e. The second kappa shape index (κ2) is 9.26. The number of carbonyl (C=O) groups is 2. The van der Waals surface area contributed by atoms with E-state index < -0.39 is 18.5 Å². The van der Waals surface area contributed by atoms with Crippen LogP contribution in [0, 0.1) is 0 Å². The average Bonchev–Trinajstić information content (AvgIpc) is 2.70. The van der Waals surface area contributed by atoms with Crippen molar-refractivity contribution < 1.29 is 14.3 Å². The minimum absolute atomic E-state index is 0.317. The summed E-state index contributed by atoms with van der Waals surface area (Å²) in [6, 6.07) is 21.0. The molecular weight excluding hydrogens is 399 g/mol. The Kier molecular flexibility index (Phi) is 6.53. The van der Waals surface area contributed by atoms with Crippen molar-refractivity contribution in [3.63, 3.8) is 0 Å². The van der Waals surface area contributed by atoms with Gasteiger partial charge < -0.3 is 15.4 Å². The van der Waals surface area contributed by atoms with Crippen molar-refractivity contribution in [2.24, 2.45) is 0 Å². The van der Waals surface area contributed by atoms with Gasteiger partial charge in [0.05, 0.1) is 21.3 Å². The first-order chi connectivity index (χ1) is 13.5. The third-order valence-corrected chi connectivity index (χ3v) is 4.48. The molecule has 0 saturated carbocycles. The summed E-state index contributed by atoms with van der Waals surface area (Å²) in [6.07, 6.45) is 0. The van der Waals surface area contributed by atoms with Gasteiger partial charge in [-0.05, 0) is 42.5 Å². The predicted molar refractivity (Wildman–Crippen MR) is 112 cm³/mol. The van der Waals surface area contributed by atoms with Gasteiger partial charge in [0.1, 0.15) is 0 Å². The first kappa shape index (κ1) is 19.7. The van der Waals surface area contributed by atoms with Crippen LogP contribution in [-0.4, -0.2) is 18.5 Å². The molecule has 2 N–H and O–H groups in total. The van der Waals surface area contributed by atoms with Gasteiger partial charge in [-0.2, -0.15) is 0 Å². The third-order valence-electron chi connectivity index (χ3n) is 3.74. The van der Waals surface area contributed by atoms with Crippen LogP contribution in [0.1, 0.15) is 10.4 Å². The van der Waals surface area contributed by atoms with Gasteiger partial charge in [-0.25, -0.2) is 4.79 Å². The highest BCUT2D eigenvalue weighted by atomic mass is 35.5. The Labute approximate surface area is 172 Å². The first-order valence-electron chi connectivity index (χ1n) is 8.36. The maximum absolute atomic E-state index is 12.4. The summed E-state index contributed by atoms with van der Waals surface area (Å²) in [6.45, 7) is -0.432. The summed E-state index contributed by atoms with van der Waals surface area (Å²) in [7, 11) is 0. The summed E-state index contributed by atoms with van der Waals surface area (Å²) >= 11 is 11.8. The van der Waals surface area contributed by atoms with Crippen LogP contribution in [0.3, 0.4) is 0 Å². The smallest absolute Gasteiger partial charge is 0.340 e. The van der Waals surface area contributed by atoms with Crippen molar-refractivity contribution >= 4 is 52.1 Å². The van der Waals surface area contributed by atoms with Crippen LogP contribution in [0.15, 0.2) is 72.8 Å². The molecule has 0 spiro atoms. The molecule has 0 heterocycles. The van der Waals surface area contributed by atoms with E-state index in [2.05, 4.69) is 10.6 Å². The topological polar surface area (TPSA) is 67.4 Å². The van der Waals surface area contributed by atoms with Crippen LogP contribution in [-0.2, 0) is 9.53 Å². The molecule has 0 aliphatic heterocycles. The van der Waals surface area contributed by atoms with E-state index >= 15 is 0 Å². The number of esters is 1. The lowest BCUT2D eigenvalue weighted by atomic mass is 10.1. The molecule has 3 aromatic rings. The van der Waals surface area contributed by atoms with Gasteiger partial charge >= 0.3 is 5.97 Å². The lowest BCUT2D eigenvalue weighted by Gasteiger charge is -2.12. The summed E-state index contributed by atoms with van der Waals surface area (Å²) in [4.78, 5) is 24.5. The zero-order valence-electron chi connectivity index (χ0n) is 14.6. The van der Waals surface area contributed by atoms with Gasteiger partial charge in [0.2, 0.25) is 0 Å². The number of rotatable bonds is 6. The number of ether oxygens (including phenoxy) is 1. The Morgan fingerprint density at radius 2 is 1.54 bits per heavy atom. The second-order valence-electron chi connectivity index (χ2n) is 5.79. The number of anilines is 3. The average molecular weight is 415 g/mol. The monoisotopic (exact) mass is 414 g/mol. The van der Waals surface area contributed by atoms with Gasteiger partial charge in [-0.3, -0.25) is 4.79 Å². The molecule has 0 radical (unpaired) electrons. The minimum atomic E-state index is -0.608. The molecule has 28 heavy (non-hydrogen) atoms. The number of hydrogen-bond acceptors (Lipinski definition) is 4. The van der Waals surface area contributed by atoms with Crippen LogP contribution in [0.4, 0.5) is 17.1 Å². The first-order valence-corrected chi connectivity index (χ1v) is 9.11. The van der Waals surface area contributed by atoms with Gasteiger partial charge in [-0.15, -0.1) is 0 Å². The van der Waals surface area contributed by atoms with E-state index in [0.717, 1.165) is 5.69 Å². The van der Waals surface area contributed by atoms with Crippen LogP contribution in [0.5, 0.6) is 0 Å². The van der Waals surface area contributed by atoms with E-state index in [1.165, 1.54) is 6.07 Å². The molecule has 3 aromatic carbocycles.